The molecule has 0 unspecified atom stereocenters. The molecule has 5 aliphatic rings. The first-order valence-corrected chi connectivity index (χ1v) is 11.5. The van der Waals surface area contributed by atoms with Crippen LogP contribution in [-0.2, 0) is 14.4 Å². The monoisotopic (exact) mass is 424 g/mol. The highest BCUT2D eigenvalue weighted by atomic mass is 16.6. The zero-order valence-electron chi connectivity index (χ0n) is 18.0. The lowest BCUT2D eigenvalue weighted by atomic mass is 9.71. The highest BCUT2D eigenvalue weighted by Gasteiger charge is 2.70. The largest absolute Gasteiger partial charge is 0.493 e. The Kier molecular flexibility index (Phi) is 4.30. The lowest BCUT2D eigenvalue weighted by Crippen LogP contribution is -2.42. The molecule has 0 aromatic heterocycles. The Morgan fingerprint density at radius 3 is 2.35 bits per heavy atom. The van der Waals surface area contributed by atoms with Gasteiger partial charge in [-0.15, -0.1) is 0 Å². The number of methoxy groups -OCH3 is 2. The molecule has 0 radical (unpaired) electrons. The minimum Gasteiger partial charge on any atom is -0.493 e. The first kappa shape index (κ1) is 19.1. The van der Waals surface area contributed by atoms with E-state index in [2.05, 4.69) is 5.16 Å². The third-order valence-corrected chi connectivity index (χ3v) is 8.34. The summed E-state index contributed by atoms with van der Waals surface area (Å²) in [5.41, 5.74) is 1.79. The number of oxime groups is 1. The molecule has 7 nitrogen and oxygen atoms in total. The third-order valence-electron chi connectivity index (χ3n) is 8.34. The number of ether oxygens (including phenoxy) is 2. The van der Waals surface area contributed by atoms with E-state index in [9.17, 15) is 9.59 Å². The van der Waals surface area contributed by atoms with Gasteiger partial charge in [0, 0.05) is 23.4 Å². The summed E-state index contributed by atoms with van der Waals surface area (Å²) in [6, 6.07) is 5.85. The fraction of sp³-hybridized carbons (Fsp3) is 0.625. The van der Waals surface area contributed by atoms with Crippen LogP contribution in [0.1, 0.15) is 44.1 Å². The van der Waals surface area contributed by atoms with Crippen molar-refractivity contribution in [2.24, 2.45) is 34.7 Å². The van der Waals surface area contributed by atoms with Crippen molar-refractivity contribution in [1.29, 1.82) is 0 Å². The summed E-state index contributed by atoms with van der Waals surface area (Å²) >= 11 is 0. The summed E-state index contributed by atoms with van der Waals surface area (Å²) in [7, 11) is 3.22. The molecule has 3 saturated carbocycles. The van der Waals surface area contributed by atoms with Crippen LogP contribution in [-0.4, -0.2) is 48.8 Å². The molecule has 0 N–H and O–H groups in total. The molecule has 0 spiro atoms. The first-order chi connectivity index (χ1) is 15.1. The molecule has 164 valence electrons. The summed E-state index contributed by atoms with van der Waals surface area (Å²) in [5, 5.41) is 4.43. The van der Waals surface area contributed by atoms with Crippen molar-refractivity contribution in [2.75, 3.05) is 14.2 Å². The highest BCUT2D eigenvalue weighted by molar-refractivity contribution is 6.09. The number of benzene rings is 1. The maximum atomic E-state index is 13.5. The molecule has 6 rings (SSSR count). The lowest BCUT2D eigenvalue weighted by Gasteiger charge is -2.30. The predicted molar refractivity (Wildman–Crippen MR) is 112 cm³/mol. The minimum absolute atomic E-state index is 0.0485. The van der Waals surface area contributed by atoms with Crippen LogP contribution in [0.15, 0.2) is 23.4 Å². The van der Waals surface area contributed by atoms with Crippen LogP contribution in [0.4, 0.5) is 0 Å². The standard InChI is InChI=1S/C24H28N2O5/c1-29-16-9-8-12(10-17(16)30-2)21-20-14-11-15(22(20)31-25-21)19-18(14)23(27)26(24(19)28)13-6-4-3-5-7-13/h8-10,13-15,18-20,22H,3-7,11H2,1-2H3/t14-,15+,18-,19+,20-,22-/m1/s1. The molecule has 2 heterocycles. The Bertz CT molecular complexity index is 969. The maximum absolute atomic E-state index is 13.5. The van der Waals surface area contributed by atoms with E-state index in [1.807, 2.05) is 18.2 Å². The van der Waals surface area contributed by atoms with E-state index in [4.69, 9.17) is 14.3 Å². The summed E-state index contributed by atoms with van der Waals surface area (Å²) < 4.78 is 10.8. The molecule has 1 saturated heterocycles. The lowest BCUT2D eigenvalue weighted by molar-refractivity contribution is -0.144. The van der Waals surface area contributed by atoms with Crippen LogP contribution in [0.5, 0.6) is 11.5 Å². The van der Waals surface area contributed by atoms with Crippen molar-refractivity contribution in [3.05, 3.63) is 23.8 Å². The zero-order valence-corrected chi connectivity index (χ0v) is 18.0. The first-order valence-electron chi connectivity index (χ1n) is 11.5. The van der Waals surface area contributed by atoms with Crippen LogP contribution < -0.4 is 9.47 Å². The Labute approximate surface area is 181 Å². The number of fused-ring (bicyclic) bond motifs is 8. The van der Waals surface area contributed by atoms with Gasteiger partial charge in [-0.3, -0.25) is 14.5 Å². The number of amides is 2. The smallest absolute Gasteiger partial charge is 0.233 e. The van der Waals surface area contributed by atoms with Crippen LogP contribution in [0.25, 0.3) is 0 Å². The van der Waals surface area contributed by atoms with E-state index >= 15 is 0 Å². The molecule has 1 aromatic carbocycles. The van der Waals surface area contributed by atoms with Crippen molar-refractivity contribution < 1.29 is 23.9 Å². The molecule has 2 bridgehead atoms. The fourth-order valence-electron chi connectivity index (χ4n) is 7.08. The fourth-order valence-corrected chi connectivity index (χ4v) is 7.08. The quantitative estimate of drug-likeness (QED) is 0.695. The predicted octanol–water partition coefficient (Wildman–Crippen LogP) is 3.01. The second-order valence-electron chi connectivity index (χ2n) is 9.60. The maximum Gasteiger partial charge on any atom is 0.233 e. The van der Waals surface area contributed by atoms with Crippen molar-refractivity contribution >= 4 is 17.5 Å². The summed E-state index contributed by atoms with van der Waals surface area (Å²) in [4.78, 5) is 34.4. The van der Waals surface area contributed by atoms with Gasteiger partial charge in [-0.25, -0.2) is 0 Å². The number of rotatable bonds is 4. The Hall–Kier alpha value is -2.57. The number of hydrogen-bond acceptors (Lipinski definition) is 6. The number of imide groups is 1. The van der Waals surface area contributed by atoms with Gasteiger partial charge in [0.15, 0.2) is 11.5 Å². The topological polar surface area (TPSA) is 77.4 Å². The normalized spacial score (nSPS) is 36.3. The van der Waals surface area contributed by atoms with Gasteiger partial charge in [0.2, 0.25) is 11.8 Å². The third kappa shape index (κ3) is 2.55. The molecule has 3 aliphatic carbocycles. The van der Waals surface area contributed by atoms with Crippen molar-refractivity contribution in [1.82, 2.24) is 4.90 Å². The number of nitrogens with zero attached hydrogens (tertiary/aromatic N) is 2. The number of hydrogen-bond donors (Lipinski definition) is 0. The van der Waals surface area contributed by atoms with Crippen LogP contribution in [0.3, 0.4) is 0 Å². The molecule has 4 fully saturated rings. The van der Waals surface area contributed by atoms with E-state index in [-0.39, 0.29) is 53.5 Å². The molecule has 2 aliphatic heterocycles. The van der Waals surface area contributed by atoms with Crippen molar-refractivity contribution in [2.45, 2.75) is 50.7 Å². The summed E-state index contributed by atoms with van der Waals surface area (Å²) in [5.74, 6) is 1.21. The van der Waals surface area contributed by atoms with E-state index in [1.165, 1.54) is 6.42 Å². The molecule has 7 heteroatoms. The van der Waals surface area contributed by atoms with Crippen LogP contribution >= 0.6 is 0 Å². The van der Waals surface area contributed by atoms with E-state index in [1.54, 1.807) is 19.1 Å². The number of likely N-dealkylation sites (tertiary alicyclic amines) is 1. The van der Waals surface area contributed by atoms with Gasteiger partial charge in [0.1, 0.15) is 6.10 Å². The summed E-state index contributed by atoms with van der Waals surface area (Å²) in [6.45, 7) is 0. The minimum atomic E-state index is -0.222. The second-order valence-corrected chi connectivity index (χ2v) is 9.60. The van der Waals surface area contributed by atoms with Crippen molar-refractivity contribution in [3.63, 3.8) is 0 Å². The molecule has 2 amide bonds. The average Bonchev–Trinajstić information content (AvgIpc) is 3.54. The molecule has 1 aromatic rings. The van der Waals surface area contributed by atoms with Gasteiger partial charge in [-0.05, 0) is 43.4 Å². The molecule has 6 atom stereocenters. The van der Waals surface area contributed by atoms with E-state index < -0.39 is 0 Å². The molecule has 31 heavy (non-hydrogen) atoms. The second kappa shape index (κ2) is 6.97. The average molecular weight is 424 g/mol. The van der Waals surface area contributed by atoms with Gasteiger partial charge in [0.05, 0.1) is 31.8 Å². The van der Waals surface area contributed by atoms with Crippen LogP contribution in [0, 0.1) is 29.6 Å². The Morgan fingerprint density at radius 2 is 1.65 bits per heavy atom. The molecular weight excluding hydrogens is 396 g/mol. The number of carbonyl (C=O) groups is 2. The van der Waals surface area contributed by atoms with Gasteiger partial charge in [-0.1, -0.05) is 24.4 Å². The number of carbonyl (C=O) groups excluding carboxylic acids is 2. The van der Waals surface area contributed by atoms with Crippen molar-refractivity contribution in [3.8, 4) is 11.5 Å². The van der Waals surface area contributed by atoms with E-state index in [0.717, 1.165) is 43.4 Å². The molecular formula is C24H28N2O5. The Morgan fingerprint density at radius 1 is 0.935 bits per heavy atom. The van der Waals surface area contributed by atoms with Crippen LogP contribution in [0.2, 0.25) is 0 Å². The van der Waals surface area contributed by atoms with E-state index in [0.29, 0.717) is 11.5 Å². The highest BCUT2D eigenvalue weighted by Crippen LogP contribution is 2.62. The Balaban J connectivity index is 1.30. The van der Waals surface area contributed by atoms with Gasteiger partial charge < -0.3 is 14.3 Å². The van der Waals surface area contributed by atoms with Gasteiger partial charge in [-0.2, -0.15) is 0 Å². The zero-order chi connectivity index (χ0) is 21.3. The summed E-state index contributed by atoms with van der Waals surface area (Å²) in [6.07, 6.45) is 6.07. The van der Waals surface area contributed by atoms with Gasteiger partial charge in [0.25, 0.3) is 0 Å². The van der Waals surface area contributed by atoms with Gasteiger partial charge >= 0.3 is 0 Å². The SMILES string of the molecule is COc1ccc(C2=NO[C@@H]3[C@H]4C[C@H]([C@H]5C(=O)N(C6CCCCC6)C(=O)[C@@H]45)[C@H]23)cc1OC.